The molecule has 0 bridgehead atoms. The molecule has 0 aliphatic heterocycles. The van der Waals surface area contributed by atoms with Crippen molar-refractivity contribution in [2.75, 3.05) is 0 Å². The summed E-state index contributed by atoms with van der Waals surface area (Å²) >= 11 is 17.8. The second kappa shape index (κ2) is 5.49. The zero-order valence-corrected chi connectivity index (χ0v) is 12.1. The molecule has 0 radical (unpaired) electrons. The van der Waals surface area contributed by atoms with Gasteiger partial charge in [-0.25, -0.2) is 4.39 Å². The smallest absolute Gasteiger partial charge is 0.196 e. The van der Waals surface area contributed by atoms with Crippen LogP contribution in [0, 0.1) is 12.7 Å². The molecule has 2 aromatic rings. The predicted molar refractivity (Wildman–Crippen MR) is 76.0 cm³/mol. The molecule has 2 aromatic carbocycles. The number of rotatable bonds is 2. The molecule has 0 amide bonds. The fraction of sp³-hybridized carbons (Fsp3) is 0.0714. The van der Waals surface area contributed by atoms with Crippen LogP contribution in [-0.4, -0.2) is 5.78 Å². The molecule has 0 fully saturated rings. The molecule has 0 aliphatic rings. The molecule has 98 valence electrons. The number of carbonyl (C=O) groups excluding carboxylic acids is 1. The Kier molecular flexibility index (Phi) is 4.14. The Bertz CT molecular complexity index is 645. The van der Waals surface area contributed by atoms with Gasteiger partial charge < -0.3 is 0 Å². The Hall–Kier alpha value is -1.09. The number of hydrogen-bond donors (Lipinski definition) is 0. The molecule has 0 heterocycles. The van der Waals surface area contributed by atoms with Crippen LogP contribution in [0.15, 0.2) is 30.3 Å². The van der Waals surface area contributed by atoms with Crippen LogP contribution in [0.4, 0.5) is 4.39 Å². The highest BCUT2D eigenvalue weighted by Gasteiger charge is 2.19. The third-order valence-corrected chi connectivity index (χ3v) is 3.48. The molecule has 1 nitrogen and oxygen atoms in total. The summed E-state index contributed by atoms with van der Waals surface area (Å²) in [5.74, 6) is -0.758. The monoisotopic (exact) mass is 316 g/mol. The maximum Gasteiger partial charge on any atom is 0.196 e. The number of hydrogen-bond acceptors (Lipinski definition) is 1. The van der Waals surface area contributed by atoms with Crippen LogP contribution in [-0.2, 0) is 0 Å². The molecule has 2 rings (SSSR count). The highest BCUT2D eigenvalue weighted by Crippen LogP contribution is 2.31. The summed E-state index contributed by atoms with van der Waals surface area (Å²) in [6.45, 7) is 1.65. The average molecular weight is 318 g/mol. The topological polar surface area (TPSA) is 17.1 Å². The van der Waals surface area contributed by atoms with E-state index in [4.69, 9.17) is 34.8 Å². The summed E-state index contributed by atoms with van der Waals surface area (Å²) in [6.07, 6.45) is 0. The molecule has 19 heavy (non-hydrogen) atoms. The molecule has 0 atom stereocenters. The SMILES string of the molecule is Cc1cc(F)ccc1C(=O)c1c(Cl)cc(Cl)cc1Cl. The molecule has 0 saturated heterocycles. The van der Waals surface area contributed by atoms with Crippen LogP contribution in [0.3, 0.4) is 0 Å². The van der Waals surface area contributed by atoms with Crippen LogP contribution in [0.25, 0.3) is 0 Å². The van der Waals surface area contributed by atoms with E-state index in [-0.39, 0.29) is 21.4 Å². The quantitative estimate of drug-likeness (QED) is 0.685. The average Bonchev–Trinajstić information content (AvgIpc) is 2.26. The van der Waals surface area contributed by atoms with Crippen molar-refractivity contribution in [2.45, 2.75) is 6.92 Å². The zero-order chi connectivity index (χ0) is 14.2. The Balaban J connectivity index is 2.56. The minimum absolute atomic E-state index is 0.169. The normalized spacial score (nSPS) is 10.6. The van der Waals surface area contributed by atoms with E-state index in [1.54, 1.807) is 6.92 Å². The molecule has 0 saturated carbocycles. The van der Waals surface area contributed by atoms with Gasteiger partial charge in [0.05, 0.1) is 15.6 Å². The van der Waals surface area contributed by atoms with Gasteiger partial charge in [-0.15, -0.1) is 0 Å². The summed E-state index contributed by atoms with van der Waals surface area (Å²) < 4.78 is 13.0. The highest BCUT2D eigenvalue weighted by atomic mass is 35.5. The Morgan fingerprint density at radius 3 is 2.16 bits per heavy atom. The van der Waals surface area contributed by atoms with Gasteiger partial charge >= 0.3 is 0 Å². The lowest BCUT2D eigenvalue weighted by molar-refractivity contribution is 0.103. The summed E-state index contributed by atoms with van der Waals surface area (Å²) in [6, 6.07) is 6.80. The van der Waals surface area contributed by atoms with Gasteiger partial charge in [0.15, 0.2) is 5.78 Å². The maximum absolute atomic E-state index is 13.0. The minimum atomic E-state index is -0.401. The third-order valence-electron chi connectivity index (χ3n) is 2.67. The van der Waals surface area contributed by atoms with Crippen LogP contribution in [0.5, 0.6) is 0 Å². The van der Waals surface area contributed by atoms with Gasteiger partial charge in [0.1, 0.15) is 5.82 Å². The van der Waals surface area contributed by atoms with Crippen molar-refractivity contribution < 1.29 is 9.18 Å². The van der Waals surface area contributed by atoms with Gasteiger partial charge in [-0.1, -0.05) is 34.8 Å². The first-order chi connectivity index (χ1) is 8.90. The van der Waals surface area contributed by atoms with E-state index in [1.807, 2.05) is 0 Å². The molecule has 0 unspecified atom stereocenters. The standard InChI is InChI=1S/C14H8Cl3FO/c1-7-4-9(18)2-3-10(7)14(19)13-11(16)5-8(15)6-12(13)17/h2-6H,1H3. The first kappa shape index (κ1) is 14.3. The second-order valence-corrected chi connectivity index (χ2v) is 5.28. The van der Waals surface area contributed by atoms with Crippen LogP contribution >= 0.6 is 34.8 Å². The Morgan fingerprint density at radius 2 is 1.63 bits per heavy atom. The molecule has 0 N–H and O–H groups in total. The van der Waals surface area contributed by atoms with Crippen molar-refractivity contribution in [3.63, 3.8) is 0 Å². The third kappa shape index (κ3) is 2.92. The second-order valence-electron chi connectivity index (χ2n) is 4.03. The Labute approximate surface area is 124 Å². The van der Waals surface area contributed by atoms with E-state index in [0.717, 1.165) is 0 Å². The number of carbonyl (C=O) groups is 1. The zero-order valence-electron chi connectivity index (χ0n) is 9.81. The van der Waals surface area contributed by atoms with E-state index in [9.17, 15) is 9.18 Å². The van der Waals surface area contributed by atoms with Crippen molar-refractivity contribution in [1.82, 2.24) is 0 Å². The van der Waals surface area contributed by atoms with Gasteiger partial charge in [0.25, 0.3) is 0 Å². The van der Waals surface area contributed by atoms with Crippen molar-refractivity contribution >= 4 is 40.6 Å². The molecule has 0 aliphatic carbocycles. The summed E-state index contributed by atoms with van der Waals surface area (Å²) in [7, 11) is 0. The van der Waals surface area contributed by atoms with Gasteiger partial charge in [0.2, 0.25) is 0 Å². The fourth-order valence-corrected chi connectivity index (χ4v) is 2.76. The van der Waals surface area contributed by atoms with Crippen LogP contribution in [0.2, 0.25) is 15.1 Å². The van der Waals surface area contributed by atoms with Crippen LogP contribution in [0.1, 0.15) is 21.5 Å². The lowest BCUT2D eigenvalue weighted by Gasteiger charge is -2.09. The highest BCUT2D eigenvalue weighted by molar-refractivity contribution is 6.43. The largest absolute Gasteiger partial charge is 0.288 e. The van der Waals surface area contributed by atoms with Gasteiger partial charge in [-0.05, 0) is 42.8 Å². The van der Waals surface area contributed by atoms with E-state index >= 15 is 0 Å². The fourth-order valence-electron chi connectivity index (χ4n) is 1.78. The van der Waals surface area contributed by atoms with Crippen molar-refractivity contribution in [3.05, 3.63) is 67.9 Å². The number of ketones is 1. The molecular formula is C14H8Cl3FO. The van der Waals surface area contributed by atoms with Crippen LogP contribution < -0.4 is 0 Å². The minimum Gasteiger partial charge on any atom is -0.288 e. The van der Waals surface area contributed by atoms with Crippen molar-refractivity contribution in [3.8, 4) is 0 Å². The van der Waals surface area contributed by atoms with Crippen molar-refractivity contribution in [1.29, 1.82) is 0 Å². The number of halogens is 4. The molecular weight excluding hydrogens is 310 g/mol. The number of benzene rings is 2. The Morgan fingerprint density at radius 1 is 1.05 bits per heavy atom. The van der Waals surface area contributed by atoms with E-state index in [0.29, 0.717) is 16.1 Å². The van der Waals surface area contributed by atoms with Gasteiger partial charge in [-0.3, -0.25) is 4.79 Å². The predicted octanol–water partition coefficient (Wildman–Crippen LogP) is 5.33. The van der Waals surface area contributed by atoms with E-state index in [2.05, 4.69) is 0 Å². The van der Waals surface area contributed by atoms with E-state index < -0.39 is 5.82 Å². The lowest BCUT2D eigenvalue weighted by Crippen LogP contribution is -2.06. The van der Waals surface area contributed by atoms with E-state index in [1.165, 1.54) is 30.3 Å². The maximum atomic E-state index is 13.0. The first-order valence-electron chi connectivity index (χ1n) is 5.35. The van der Waals surface area contributed by atoms with Crippen molar-refractivity contribution in [2.24, 2.45) is 0 Å². The van der Waals surface area contributed by atoms with Gasteiger partial charge in [-0.2, -0.15) is 0 Å². The lowest BCUT2D eigenvalue weighted by atomic mass is 9.99. The summed E-state index contributed by atoms with van der Waals surface area (Å²) in [4.78, 5) is 12.4. The summed E-state index contributed by atoms with van der Waals surface area (Å²) in [5.41, 5.74) is 1.04. The summed E-state index contributed by atoms with van der Waals surface area (Å²) in [5, 5.41) is 0.694. The first-order valence-corrected chi connectivity index (χ1v) is 6.49. The number of aryl methyl sites for hydroxylation is 1. The molecule has 0 spiro atoms. The molecule has 5 heteroatoms. The van der Waals surface area contributed by atoms with Gasteiger partial charge in [0, 0.05) is 10.6 Å². The molecule has 0 aromatic heterocycles.